The summed E-state index contributed by atoms with van der Waals surface area (Å²) in [5.41, 5.74) is 0. The summed E-state index contributed by atoms with van der Waals surface area (Å²) in [4.78, 5) is 0. The van der Waals surface area contributed by atoms with Gasteiger partial charge in [0.15, 0.2) is 9.84 Å². The Kier molecular flexibility index (Phi) is 3.02. The Morgan fingerprint density at radius 2 is 2.00 bits per heavy atom. The van der Waals surface area contributed by atoms with Gasteiger partial charge in [-0.3, -0.25) is 0 Å². The van der Waals surface area contributed by atoms with E-state index in [1.807, 2.05) is 7.05 Å². The molecule has 0 aromatic rings. The highest BCUT2D eigenvalue weighted by Gasteiger charge is 2.50. The van der Waals surface area contributed by atoms with Crippen LogP contribution < -0.4 is 5.32 Å². The van der Waals surface area contributed by atoms with E-state index in [-0.39, 0.29) is 0 Å². The molecule has 1 N–H and O–H groups in total. The molecule has 1 saturated carbocycles. The third-order valence-corrected chi connectivity index (χ3v) is 5.24. The van der Waals surface area contributed by atoms with Gasteiger partial charge in [-0.2, -0.15) is 0 Å². The highest BCUT2D eigenvalue weighted by atomic mass is 32.2. The molecule has 1 aliphatic rings. The first-order valence-corrected chi connectivity index (χ1v) is 6.68. The van der Waals surface area contributed by atoms with E-state index in [0.29, 0.717) is 12.5 Å². The summed E-state index contributed by atoms with van der Waals surface area (Å²) < 4.78 is 22.6. The maximum Gasteiger partial charge on any atom is 0.154 e. The van der Waals surface area contributed by atoms with Crippen molar-refractivity contribution in [2.24, 2.45) is 5.92 Å². The predicted molar refractivity (Wildman–Crippen MR) is 54.5 cm³/mol. The molecule has 1 aliphatic carbocycles. The number of rotatable bonds is 4. The lowest BCUT2D eigenvalue weighted by Gasteiger charge is -2.46. The van der Waals surface area contributed by atoms with E-state index < -0.39 is 14.6 Å². The van der Waals surface area contributed by atoms with Gasteiger partial charge in [-0.25, -0.2) is 8.42 Å². The quantitative estimate of drug-likeness (QED) is 0.739. The van der Waals surface area contributed by atoms with E-state index in [1.54, 1.807) is 0 Å². The van der Waals surface area contributed by atoms with Crippen molar-refractivity contribution in [1.82, 2.24) is 5.32 Å². The van der Waals surface area contributed by atoms with Crippen LogP contribution in [-0.2, 0) is 9.84 Å². The Hall–Kier alpha value is -0.0900. The summed E-state index contributed by atoms with van der Waals surface area (Å²) in [5, 5.41) is 2.98. The molecule has 4 heteroatoms. The molecule has 1 rings (SSSR count). The predicted octanol–water partition coefficient (Wildman–Crippen LogP) is 0.809. The molecule has 0 radical (unpaired) electrons. The van der Waals surface area contributed by atoms with Gasteiger partial charge in [0.2, 0.25) is 0 Å². The van der Waals surface area contributed by atoms with Gasteiger partial charge >= 0.3 is 0 Å². The molecule has 0 unspecified atom stereocenters. The second-order valence-corrected chi connectivity index (χ2v) is 6.58. The normalized spacial score (nSPS) is 34.2. The molecule has 0 bridgehead atoms. The third-order valence-electron chi connectivity index (χ3n) is 3.18. The lowest BCUT2D eigenvalue weighted by Crippen LogP contribution is -2.55. The maximum atomic E-state index is 11.5. The average molecular weight is 205 g/mol. The topological polar surface area (TPSA) is 46.2 Å². The molecule has 0 atom stereocenters. The molecular weight excluding hydrogens is 186 g/mol. The van der Waals surface area contributed by atoms with Crippen LogP contribution in [0.1, 0.15) is 26.2 Å². The van der Waals surface area contributed by atoms with Crippen molar-refractivity contribution in [2.75, 3.05) is 19.8 Å². The van der Waals surface area contributed by atoms with Gasteiger partial charge in [-0.1, -0.05) is 13.3 Å². The van der Waals surface area contributed by atoms with Crippen molar-refractivity contribution in [3.8, 4) is 0 Å². The molecule has 3 nitrogen and oxygen atoms in total. The molecule has 0 aromatic heterocycles. The van der Waals surface area contributed by atoms with Gasteiger partial charge < -0.3 is 5.32 Å². The Balaban J connectivity index is 2.71. The minimum Gasteiger partial charge on any atom is -0.318 e. The summed E-state index contributed by atoms with van der Waals surface area (Å²) in [6.45, 7) is 2.72. The highest BCUT2D eigenvalue weighted by molar-refractivity contribution is 7.92. The van der Waals surface area contributed by atoms with Gasteiger partial charge in [-0.05, 0) is 25.8 Å². The first-order valence-electron chi connectivity index (χ1n) is 4.79. The summed E-state index contributed by atoms with van der Waals surface area (Å²) in [5.74, 6) is 0.614. The molecule has 0 aromatic carbocycles. The summed E-state index contributed by atoms with van der Waals surface area (Å²) in [7, 11) is -1.08. The minimum absolute atomic E-state index is 0.456. The maximum absolute atomic E-state index is 11.5. The van der Waals surface area contributed by atoms with Gasteiger partial charge in [0, 0.05) is 12.8 Å². The minimum atomic E-state index is -2.90. The fourth-order valence-electron chi connectivity index (χ4n) is 2.18. The molecule has 0 spiro atoms. The number of hydrogen-bond donors (Lipinski definition) is 1. The number of nitrogens with one attached hydrogen (secondary N) is 1. The summed E-state index contributed by atoms with van der Waals surface area (Å²) in [6.07, 6.45) is 4.13. The monoisotopic (exact) mass is 205 g/mol. The molecule has 13 heavy (non-hydrogen) atoms. The molecule has 0 aliphatic heterocycles. The summed E-state index contributed by atoms with van der Waals surface area (Å²) >= 11 is 0. The van der Waals surface area contributed by atoms with Crippen molar-refractivity contribution < 1.29 is 8.42 Å². The third kappa shape index (κ3) is 1.89. The van der Waals surface area contributed by atoms with Crippen molar-refractivity contribution in [3.63, 3.8) is 0 Å². The first-order chi connectivity index (χ1) is 5.95. The van der Waals surface area contributed by atoms with Gasteiger partial charge in [0.05, 0.1) is 4.75 Å². The SMILES string of the molecule is CCC1CC(CNC)(S(C)(=O)=O)C1. The second-order valence-electron chi connectivity index (χ2n) is 4.17. The van der Waals surface area contributed by atoms with E-state index in [4.69, 9.17) is 0 Å². The van der Waals surface area contributed by atoms with Crippen LogP contribution in [0.3, 0.4) is 0 Å². The van der Waals surface area contributed by atoms with Crippen LogP contribution in [0.25, 0.3) is 0 Å². The van der Waals surface area contributed by atoms with E-state index in [2.05, 4.69) is 12.2 Å². The zero-order chi connectivity index (χ0) is 10.1. The number of hydrogen-bond acceptors (Lipinski definition) is 3. The van der Waals surface area contributed by atoms with Crippen LogP contribution in [-0.4, -0.2) is 33.0 Å². The largest absolute Gasteiger partial charge is 0.318 e. The molecular formula is C9H19NO2S. The van der Waals surface area contributed by atoms with Gasteiger partial charge in [0.1, 0.15) is 0 Å². The second kappa shape index (κ2) is 3.58. The van der Waals surface area contributed by atoms with Gasteiger partial charge in [-0.15, -0.1) is 0 Å². The van der Waals surface area contributed by atoms with E-state index >= 15 is 0 Å². The van der Waals surface area contributed by atoms with E-state index in [0.717, 1.165) is 19.3 Å². The van der Waals surface area contributed by atoms with Crippen LogP contribution >= 0.6 is 0 Å². The fraction of sp³-hybridized carbons (Fsp3) is 1.00. The highest BCUT2D eigenvalue weighted by Crippen LogP contribution is 2.44. The zero-order valence-electron chi connectivity index (χ0n) is 8.63. The van der Waals surface area contributed by atoms with Crippen LogP contribution in [0.4, 0.5) is 0 Å². The average Bonchev–Trinajstić information content (AvgIpc) is 1.93. The van der Waals surface area contributed by atoms with Crippen LogP contribution in [0.5, 0.6) is 0 Å². The zero-order valence-corrected chi connectivity index (χ0v) is 9.45. The smallest absolute Gasteiger partial charge is 0.154 e. The number of sulfone groups is 1. The molecule has 78 valence electrons. The van der Waals surface area contributed by atoms with Crippen LogP contribution in [0, 0.1) is 5.92 Å². The van der Waals surface area contributed by atoms with Crippen molar-refractivity contribution in [3.05, 3.63) is 0 Å². The van der Waals surface area contributed by atoms with Crippen molar-refractivity contribution in [1.29, 1.82) is 0 Å². The Labute approximate surface area is 80.8 Å². The molecule has 0 heterocycles. The fourth-order valence-corrected chi connectivity index (χ4v) is 3.66. The Bertz CT molecular complexity index is 265. The Morgan fingerprint density at radius 1 is 1.46 bits per heavy atom. The molecule has 1 fully saturated rings. The van der Waals surface area contributed by atoms with Crippen LogP contribution in [0.2, 0.25) is 0 Å². The molecule has 0 amide bonds. The Morgan fingerprint density at radius 3 is 2.31 bits per heavy atom. The van der Waals surface area contributed by atoms with Crippen molar-refractivity contribution in [2.45, 2.75) is 30.9 Å². The first kappa shape index (κ1) is 11.0. The lowest BCUT2D eigenvalue weighted by molar-refractivity contribution is 0.209. The van der Waals surface area contributed by atoms with Gasteiger partial charge in [0.25, 0.3) is 0 Å². The molecule has 0 saturated heterocycles. The lowest BCUT2D eigenvalue weighted by atomic mass is 9.72. The van der Waals surface area contributed by atoms with Crippen molar-refractivity contribution >= 4 is 9.84 Å². The summed E-state index contributed by atoms with van der Waals surface area (Å²) in [6, 6.07) is 0. The van der Waals surface area contributed by atoms with E-state index in [9.17, 15) is 8.42 Å². The standard InChI is InChI=1S/C9H19NO2S/c1-4-8-5-9(6-8,7-10-2)13(3,11)12/h8,10H,4-7H2,1-3H3. The van der Waals surface area contributed by atoms with E-state index in [1.165, 1.54) is 6.26 Å². The van der Waals surface area contributed by atoms with Crippen LogP contribution in [0.15, 0.2) is 0 Å².